The zero-order chi connectivity index (χ0) is 11.5. The van der Waals surface area contributed by atoms with Crippen LogP contribution >= 0.6 is 11.3 Å². The molecule has 2 N–H and O–H groups in total. The van der Waals surface area contributed by atoms with E-state index in [1.165, 1.54) is 6.20 Å². The molecule has 1 unspecified atom stereocenters. The smallest absolute Gasteiger partial charge is 0.251 e. The molecule has 0 aliphatic rings. The van der Waals surface area contributed by atoms with Crippen molar-refractivity contribution in [2.75, 3.05) is 6.61 Å². The van der Waals surface area contributed by atoms with Crippen molar-refractivity contribution in [1.82, 2.24) is 9.71 Å². The van der Waals surface area contributed by atoms with Gasteiger partial charge in [-0.2, -0.15) is 0 Å². The van der Waals surface area contributed by atoms with Crippen molar-refractivity contribution in [3.8, 4) is 0 Å². The maximum absolute atomic E-state index is 11.7. The maximum Gasteiger partial charge on any atom is 0.251 e. The number of nitrogens with zero attached hydrogens (tertiary/aromatic N) is 1. The van der Waals surface area contributed by atoms with Gasteiger partial charge in [-0.1, -0.05) is 0 Å². The van der Waals surface area contributed by atoms with Crippen LogP contribution in [0.1, 0.15) is 18.4 Å². The summed E-state index contributed by atoms with van der Waals surface area (Å²) in [7, 11) is -3.47. The Morgan fingerprint density at radius 2 is 2.33 bits per heavy atom. The van der Waals surface area contributed by atoms with Crippen LogP contribution in [0.4, 0.5) is 0 Å². The molecule has 1 aromatic heterocycles. The SMILES string of the molecule is Cc1ncc(S(=O)(=O)NC(C)CCO)s1. The van der Waals surface area contributed by atoms with Gasteiger partial charge < -0.3 is 5.11 Å². The van der Waals surface area contributed by atoms with E-state index in [9.17, 15) is 8.42 Å². The highest BCUT2D eigenvalue weighted by atomic mass is 32.2. The van der Waals surface area contributed by atoms with E-state index in [0.717, 1.165) is 11.3 Å². The summed E-state index contributed by atoms with van der Waals surface area (Å²) in [5.41, 5.74) is 0. The van der Waals surface area contributed by atoms with Crippen LogP contribution in [0.25, 0.3) is 0 Å². The zero-order valence-electron chi connectivity index (χ0n) is 8.60. The highest BCUT2D eigenvalue weighted by Gasteiger charge is 2.19. The van der Waals surface area contributed by atoms with Gasteiger partial charge in [-0.25, -0.2) is 18.1 Å². The molecule has 0 amide bonds. The molecule has 0 saturated carbocycles. The summed E-state index contributed by atoms with van der Waals surface area (Å²) in [6.07, 6.45) is 1.74. The number of aliphatic hydroxyl groups is 1. The quantitative estimate of drug-likeness (QED) is 0.797. The second-order valence-corrected chi connectivity index (χ2v) is 6.41. The molecule has 0 saturated heterocycles. The Morgan fingerprint density at radius 3 is 2.80 bits per heavy atom. The fraction of sp³-hybridized carbons (Fsp3) is 0.625. The van der Waals surface area contributed by atoms with Crippen molar-refractivity contribution in [3.05, 3.63) is 11.2 Å². The summed E-state index contributed by atoms with van der Waals surface area (Å²) in [5, 5.41) is 9.38. The second kappa shape index (κ2) is 5.02. The number of thiazole rings is 1. The van der Waals surface area contributed by atoms with E-state index in [2.05, 4.69) is 9.71 Å². The fourth-order valence-electron chi connectivity index (χ4n) is 1.04. The molecule has 0 spiro atoms. The van der Waals surface area contributed by atoms with E-state index >= 15 is 0 Å². The van der Waals surface area contributed by atoms with Crippen molar-refractivity contribution < 1.29 is 13.5 Å². The Bertz CT molecular complexity index is 413. The number of aliphatic hydroxyl groups excluding tert-OH is 1. The lowest BCUT2D eigenvalue weighted by atomic mass is 10.3. The molecule has 1 aromatic rings. The third-order valence-corrected chi connectivity index (χ3v) is 4.75. The number of nitrogens with one attached hydrogen (secondary N) is 1. The largest absolute Gasteiger partial charge is 0.396 e. The average Bonchev–Trinajstić information content (AvgIpc) is 2.51. The van der Waals surface area contributed by atoms with E-state index in [1.807, 2.05) is 0 Å². The van der Waals surface area contributed by atoms with Crippen LogP contribution < -0.4 is 4.72 Å². The second-order valence-electron chi connectivity index (χ2n) is 3.23. The van der Waals surface area contributed by atoms with Gasteiger partial charge in [-0.15, -0.1) is 11.3 Å². The van der Waals surface area contributed by atoms with E-state index < -0.39 is 10.0 Å². The average molecular weight is 250 g/mol. The molecule has 15 heavy (non-hydrogen) atoms. The predicted octanol–water partition coefficient (Wildman–Crippen LogP) is 0.501. The summed E-state index contributed by atoms with van der Waals surface area (Å²) in [4.78, 5) is 3.89. The Kier molecular flexibility index (Phi) is 4.21. The number of hydrogen-bond donors (Lipinski definition) is 2. The molecule has 1 atom stereocenters. The molecule has 0 bridgehead atoms. The molecular weight excluding hydrogens is 236 g/mol. The van der Waals surface area contributed by atoms with Crippen LogP contribution in [0, 0.1) is 6.92 Å². The van der Waals surface area contributed by atoms with Gasteiger partial charge in [0.15, 0.2) is 4.21 Å². The molecule has 5 nitrogen and oxygen atoms in total. The number of rotatable bonds is 5. The van der Waals surface area contributed by atoms with Gasteiger partial charge in [0.05, 0.1) is 11.2 Å². The van der Waals surface area contributed by atoms with Crippen LogP contribution in [0.3, 0.4) is 0 Å². The van der Waals surface area contributed by atoms with E-state index in [4.69, 9.17) is 5.11 Å². The van der Waals surface area contributed by atoms with Crippen LogP contribution in [0.2, 0.25) is 0 Å². The Balaban J connectivity index is 2.76. The molecule has 7 heteroatoms. The molecular formula is C8H14N2O3S2. The first-order valence-corrected chi connectivity index (χ1v) is 6.81. The van der Waals surface area contributed by atoms with Crippen LogP contribution in [-0.2, 0) is 10.0 Å². The van der Waals surface area contributed by atoms with Gasteiger partial charge in [-0.3, -0.25) is 0 Å². The maximum atomic E-state index is 11.7. The minimum absolute atomic E-state index is 0.0363. The monoisotopic (exact) mass is 250 g/mol. The molecule has 1 heterocycles. The van der Waals surface area contributed by atoms with Crippen LogP contribution in [0.5, 0.6) is 0 Å². The summed E-state index contributed by atoms with van der Waals surface area (Å²) in [5.74, 6) is 0. The molecule has 0 aliphatic heterocycles. The van der Waals surface area contributed by atoms with Crippen molar-refractivity contribution in [3.63, 3.8) is 0 Å². The van der Waals surface area contributed by atoms with E-state index in [1.54, 1.807) is 13.8 Å². The highest BCUT2D eigenvalue weighted by molar-refractivity contribution is 7.91. The fourth-order valence-corrected chi connectivity index (χ4v) is 3.44. The predicted molar refractivity (Wildman–Crippen MR) is 58.3 cm³/mol. The first-order valence-electron chi connectivity index (χ1n) is 4.51. The highest BCUT2D eigenvalue weighted by Crippen LogP contribution is 2.17. The first-order chi connectivity index (χ1) is 6.95. The van der Waals surface area contributed by atoms with Crippen molar-refractivity contribution in [2.45, 2.75) is 30.5 Å². The lowest BCUT2D eigenvalue weighted by Crippen LogP contribution is -2.32. The topological polar surface area (TPSA) is 79.3 Å². The van der Waals surface area contributed by atoms with Gasteiger partial charge in [-0.05, 0) is 20.3 Å². The van der Waals surface area contributed by atoms with Gasteiger partial charge in [0, 0.05) is 12.6 Å². The van der Waals surface area contributed by atoms with Gasteiger partial charge in [0.2, 0.25) is 0 Å². The molecule has 1 rings (SSSR count). The van der Waals surface area contributed by atoms with Crippen LogP contribution in [-0.4, -0.2) is 31.2 Å². The number of aryl methyl sites for hydroxylation is 1. The number of hydrogen-bond acceptors (Lipinski definition) is 5. The first kappa shape index (κ1) is 12.6. The molecule has 0 radical (unpaired) electrons. The lowest BCUT2D eigenvalue weighted by molar-refractivity contribution is 0.275. The Morgan fingerprint density at radius 1 is 1.67 bits per heavy atom. The Labute approximate surface area is 93.2 Å². The van der Waals surface area contributed by atoms with E-state index in [0.29, 0.717) is 11.4 Å². The summed E-state index contributed by atoms with van der Waals surface area (Å²) in [6.45, 7) is 3.42. The molecule has 86 valence electrons. The minimum Gasteiger partial charge on any atom is -0.396 e. The summed E-state index contributed by atoms with van der Waals surface area (Å²) in [6, 6.07) is -0.276. The summed E-state index contributed by atoms with van der Waals surface area (Å²) >= 11 is 1.13. The van der Waals surface area contributed by atoms with Gasteiger partial charge in [0.25, 0.3) is 10.0 Å². The molecule has 0 fully saturated rings. The third-order valence-electron chi connectivity index (χ3n) is 1.78. The van der Waals surface area contributed by atoms with Gasteiger partial charge >= 0.3 is 0 Å². The molecule has 0 aromatic carbocycles. The van der Waals surface area contributed by atoms with E-state index in [-0.39, 0.29) is 16.9 Å². The van der Waals surface area contributed by atoms with Crippen molar-refractivity contribution >= 4 is 21.4 Å². The number of sulfonamides is 1. The zero-order valence-corrected chi connectivity index (χ0v) is 10.2. The standard InChI is InChI=1S/C8H14N2O3S2/c1-6(3-4-11)10-15(12,13)8-5-9-7(2)14-8/h5-6,10-11H,3-4H2,1-2H3. The minimum atomic E-state index is -3.47. The third kappa shape index (κ3) is 3.53. The number of aromatic nitrogens is 1. The lowest BCUT2D eigenvalue weighted by Gasteiger charge is -2.10. The Hall–Kier alpha value is -0.500. The normalized spacial score (nSPS) is 14.1. The van der Waals surface area contributed by atoms with Gasteiger partial charge in [0.1, 0.15) is 0 Å². The van der Waals surface area contributed by atoms with Crippen molar-refractivity contribution in [2.24, 2.45) is 0 Å². The van der Waals surface area contributed by atoms with Crippen molar-refractivity contribution in [1.29, 1.82) is 0 Å². The summed E-state index contributed by atoms with van der Waals surface area (Å²) < 4.78 is 26.1. The molecule has 0 aliphatic carbocycles. The van der Waals surface area contributed by atoms with Crippen LogP contribution in [0.15, 0.2) is 10.4 Å².